The van der Waals surface area contributed by atoms with E-state index < -0.39 is 32.3 Å². The zero-order valence-corrected chi connectivity index (χ0v) is 12.4. The molecule has 0 heterocycles. The van der Waals surface area contributed by atoms with Crippen LogP contribution in [0, 0.1) is 11.8 Å². The van der Waals surface area contributed by atoms with Crippen LogP contribution in [-0.2, 0) is 18.8 Å². The highest BCUT2D eigenvalue weighted by Crippen LogP contribution is 2.37. The Morgan fingerprint density at radius 3 is 2.28 bits per heavy atom. The van der Waals surface area contributed by atoms with Gasteiger partial charge in [0.25, 0.3) is 0 Å². The summed E-state index contributed by atoms with van der Waals surface area (Å²) in [4.78, 5) is 12.0. The highest BCUT2D eigenvalue weighted by molar-refractivity contribution is 7.25. The predicted molar refractivity (Wildman–Crippen MR) is 68.6 cm³/mol. The van der Waals surface area contributed by atoms with Gasteiger partial charge >= 0.3 is 5.97 Å². The Balaban J connectivity index is 5.20. The zero-order valence-electron chi connectivity index (χ0n) is 11.5. The van der Waals surface area contributed by atoms with Crippen LogP contribution in [0.5, 0.6) is 0 Å². The van der Waals surface area contributed by atoms with Gasteiger partial charge in [0, 0.05) is 6.61 Å². The average Bonchev–Trinajstić information content (AvgIpc) is 2.33. The van der Waals surface area contributed by atoms with Crippen LogP contribution < -0.4 is 0 Å². The smallest absolute Gasteiger partial charge is 0.312 e. The number of rotatable bonds is 9. The third-order valence-electron chi connectivity index (χ3n) is 2.60. The number of aliphatic hydroxyl groups excluding tert-OH is 1. The number of aliphatic hydroxyl groups is 1. The summed E-state index contributed by atoms with van der Waals surface area (Å²) in [6, 6.07) is 0. The Bertz CT molecular complexity index is 269. The molecular weight excluding hydrogens is 255 g/mol. The summed E-state index contributed by atoms with van der Waals surface area (Å²) in [5.74, 6) is -1.01. The minimum atomic E-state index is -1.40. The third-order valence-corrected chi connectivity index (χ3v) is 3.49. The molecule has 0 fully saturated rings. The molecule has 1 N–H and O–H groups in total. The van der Waals surface area contributed by atoms with E-state index >= 15 is 0 Å². The first-order valence-electron chi connectivity index (χ1n) is 6.23. The standard InChI is InChI=1S/C12H23O5P/c1-5-16-11(14)10(7-9(3)4)12(8-13,18-15)17-6-2/h9-10,13H,5-8H2,1-4H3. The fraction of sp³-hybridized carbons (Fsp3) is 0.917. The van der Waals surface area contributed by atoms with E-state index in [1.807, 2.05) is 13.8 Å². The molecule has 0 aliphatic carbocycles. The molecule has 6 heteroatoms. The maximum absolute atomic E-state index is 12.0. The van der Waals surface area contributed by atoms with Gasteiger partial charge in [0.05, 0.1) is 19.1 Å². The van der Waals surface area contributed by atoms with Crippen molar-refractivity contribution in [1.29, 1.82) is 0 Å². The van der Waals surface area contributed by atoms with Gasteiger partial charge in [-0.1, -0.05) is 13.8 Å². The van der Waals surface area contributed by atoms with Crippen LogP contribution in [0.4, 0.5) is 0 Å². The summed E-state index contributed by atoms with van der Waals surface area (Å²) in [7, 11) is -0.398. The molecule has 18 heavy (non-hydrogen) atoms. The summed E-state index contributed by atoms with van der Waals surface area (Å²) >= 11 is 0. The monoisotopic (exact) mass is 278 g/mol. The number of ether oxygens (including phenoxy) is 2. The minimum absolute atomic E-state index is 0.201. The summed E-state index contributed by atoms with van der Waals surface area (Å²) < 4.78 is 21.8. The van der Waals surface area contributed by atoms with Crippen molar-refractivity contribution in [3.05, 3.63) is 0 Å². The quantitative estimate of drug-likeness (QED) is 0.517. The first kappa shape index (κ1) is 17.5. The van der Waals surface area contributed by atoms with Gasteiger partial charge in [-0.05, 0) is 26.2 Å². The molecule has 0 aliphatic rings. The highest BCUT2D eigenvalue weighted by atomic mass is 31.1. The van der Waals surface area contributed by atoms with Gasteiger partial charge in [-0.3, -0.25) is 9.36 Å². The van der Waals surface area contributed by atoms with Crippen molar-refractivity contribution in [2.75, 3.05) is 19.8 Å². The van der Waals surface area contributed by atoms with Crippen LogP contribution in [0.15, 0.2) is 0 Å². The molecule has 0 aromatic carbocycles. The normalized spacial score (nSPS) is 16.6. The summed E-state index contributed by atoms with van der Waals surface area (Å²) in [6.45, 7) is 7.36. The zero-order chi connectivity index (χ0) is 14.2. The maximum Gasteiger partial charge on any atom is 0.312 e. The molecule has 0 amide bonds. The molecule has 0 aliphatic heterocycles. The second-order valence-electron chi connectivity index (χ2n) is 4.46. The number of carbonyl (C=O) groups is 1. The second-order valence-corrected chi connectivity index (χ2v) is 5.40. The van der Waals surface area contributed by atoms with Crippen molar-refractivity contribution in [3.8, 4) is 0 Å². The lowest BCUT2D eigenvalue weighted by Crippen LogP contribution is -2.44. The van der Waals surface area contributed by atoms with E-state index in [0.29, 0.717) is 6.42 Å². The lowest BCUT2D eigenvalue weighted by atomic mass is 9.91. The topological polar surface area (TPSA) is 72.8 Å². The Morgan fingerprint density at radius 2 is 1.94 bits per heavy atom. The first-order valence-corrected chi connectivity index (χ1v) is 7.04. The second kappa shape index (κ2) is 8.57. The average molecular weight is 278 g/mol. The largest absolute Gasteiger partial charge is 0.466 e. The molecule has 2 unspecified atom stereocenters. The van der Waals surface area contributed by atoms with E-state index in [9.17, 15) is 14.5 Å². The van der Waals surface area contributed by atoms with E-state index in [1.54, 1.807) is 13.8 Å². The molecule has 106 valence electrons. The van der Waals surface area contributed by atoms with Crippen molar-refractivity contribution in [2.24, 2.45) is 11.8 Å². The van der Waals surface area contributed by atoms with Crippen LogP contribution in [0.2, 0.25) is 0 Å². The highest BCUT2D eigenvalue weighted by Gasteiger charge is 2.46. The Morgan fingerprint density at radius 1 is 1.33 bits per heavy atom. The van der Waals surface area contributed by atoms with Crippen molar-refractivity contribution in [3.63, 3.8) is 0 Å². The van der Waals surface area contributed by atoms with Gasteiger partial charge in [-0.15, -0.1) is 0 Å². The minimum Gasteiger partial charge on any atom is -0.466 e. The van der Waals surface area contributed by atoms with Crippen molar-refractivity contribution >= 4 is 14.4 Å². The van der Waals surface area contributed by atoms with Crippen LogP contribution in [0.25, 0.3) is 0 Å². The van der Waals surface area contributed by atoms with Gasteiger partial charge in [0.1, 0.15) is 0 Å². The lowest BCUT2D eigenvalue weighted by Gasteiger charge is -2.32. The van der Waals surface area contributed by atoms with Gasteiger partial charge < -0.3 is 14.6 Å². The summed E-state index contributed by atoms with van der Waals surface area (Å²) in [5, 5.41) is 8.07. The number of esters is 1. The van der Waals surface area contributed by atoms with E-state index in [2.05, 4.69) is 0 Å². The number of hydrogen-bond donors (Lipinski definition) is 1. The molecule has 0 saturated heterocycles. The Hall–Kier alpha value is -0.510. The van der Waals surface area contributed by atoms with Gasteiger partial charge in [-0.25, -0.2) is 0 Å². The SMILES string of the molecule is CCOC(=O)C(CC(C)C)C(CO)(OCC)P=O. The maximum atomic E-state index is 12.0. The molecule has 0 aromatic heterocycles. The van der Waals surface area contributed by atoms with Crippen molar-refractivity contribution in [1.82, 2.24) is 0 Å². The fourth-order valence-corrected chi connectivity index (χ4v) is 2.38. The fourth-order valence-electron chi connectivity index (χ4n) is 1.80. The number of carbonyl (C=O) groups excluding carboxylic acids is 1. The van der Waals surface area contributed by atoms with E-state index in [-0.39, 0.29) is 19.1 Å². The molecule has 0 spiro atoms. The van der Waals surface area contributed by atoms with E-state index in [0.717, 1.165) is 0 Å². The summed E-state index contributed by atoms with van der Waals surface area (Å²) in [6.07, 6.45) is 0.453. The molecule has 2 atom stereocenters. The number of hydrogen-bond acceptors (Lipinski definition) is 5. The van der Waals surface area contributed by atoms with Crippen LogP contribution in [0.1, 0.15) is 34.1 Å². The molecule has 0 bridgehead atoms. The Labute approximate surface area is 110 Å². The third kappa shape index (κ3) is 4.63. The molecule has 0 saturated carbocycles. The molecule has 0 aromatic rings. The van der Waals surface area contributed by atoms with Crippen LogP contribution in [0.3, 0.4) is 0 Å². The summed E-state index contributed by atoms with van der Waals surface area (Å²) in [5.41, 5.74) is 0. The Kier molecular flexibility index (Phi) is 8.32. The predicted octanol–water partition coefficient (Wildman–Crippen LogP) is 2.23. The molecule has 0 radical (unpaired) electrons. The van der Waals surface area contributed by atoms with Gasteiger partial charge in [-0.2, -0.15) is 0 Å². The van der Waals surface area contributed by atoms with Gasteiger partial charge in [0.2, 0.25) is 0 Å². The van der Waals surface area contributed by atoms with Crippen molar-refractivity contribution < 1.29 is 23.9 Å². The van der Waals surface area contributed by atoms with E-state index in [4.69, 9.17) is 9.47 Å². The van der Waals surface area contributed by atoms with Gasteiger partial charge in [0.15, 0.2) is 13.8 Å². The molecule has 5 nitrogen and oxygen atoms in total. The molecule has 0 rings (SSSR count). The van der Waals surface area contributed by atoms with Crippen LogP contribution in [-0.4, -0.2) is 36.2 Å². The first-order chi connectivity index (χ1) is 8.47. The van der Waals surface area contributed by atoms with Crippen LogP contribution >= 0.6 is 8.46 Å². The van der Waals surface area contributed by atoms with Crippen molar-refractivity contribution in [2.45, 2.75) is 39.5 Å². The molecular formula is C12H23O5P. The lowest BCUT2D eigenvalue weighted by molar-refractivity contribution is -0.159. The van der Waals surface area contributed by atoms with E-state index in [1.165, 1.54) is 0 Å².